The highest BCUT2D eigenvalue weighted by molar-refractivity contribution is 7.89. The highest BCUT2D eigenvalue weighted by Crippen LogP contribution is 2.25. The zero-order valence-corrected chi connectivity index (χ0v) is 12.8. The summed E-state index contributed by atoms with van der Waals surface area (Å²) in [5.74, 6) is -0.394. The van der Waals surface area contributed by atoms with Crippen molar-refractivity contribution in [1.29, 1.82) is 0 Å². The van der Waals surface area contributed by atoms with Gasteiger partial charge in [0.15, 0.2) is 0 Å². The molecule has 21 heavy (non-hydrogen) atoms. The number of hydrogen-bond donors (Lipinski definition) is 3. The quantitative estimate of drug-likeness (QED) is 0.725. The van der Waals surface area contributed by atoms with Crippen LogP contribution in [0.2, 0.25) is 0 Å². The Labute approximate surface area is 123 Å². The number of rotatable bonds is 3. The minimum absolute atomic E-state index is 0.0466. The predicted molar refractivity (Wildman–Crippen MR) is 78.3 cm³/mol. The number of hydrogen-bond acceptors (Lipinski definition) is 5. The van der Waals surface area contributed by atoms with Gasteiger partial charge in [0.1, 0.15) is 5.54 Å². The Hall–Kier alpha value is -1.48. The Balaban J connectivity index is 2.36. The molecule has 1 atom stereocenters. The van der Waals surface area contributed by atoms with Crippen molar-refractivity contribution in [2.24, 2.45) is 10.9 Å². The molecule has 8 heteroatoms. The van der Waals surface area contributed by atoms with Crippen LogP contribution in [0.1, 0.15) is 17.5 Å². The van der Waals surface area contributed by atoms with Crippen LogP contribution >= 0.6 is 0 Å². The molecule has 1 unspecified atom stereocenters. The summed E-state index contributed by atoms with van der Waals surface area (Å²) >= 11 is 0. The predicted octanol–water partition coefficient (Wildman–Crippen LogP) is 0.00714. The third-order valence-corrected chi connectivity index (χ3v) is 4.61. The van der Waals surface area contributed by atoms with Crippen LogP contribution in [0.4, 0.5) is 5.69 Å². The van der Waals surface area contributed by atoms with Crippen molar-refractivity contribution in [3.63, 3.8) is 0 Å². The molecule has 0 spiro atoms. The molecule has 1 aliphatic heterocycles. The van der Waals surface area contributed by atoms with Crippen LogP contribution in [0, 0.1) is 13.8 Å². The van der Waals surface area contributed by atoms with E-state index in [0.29, 0.717) is 24.3 Å². The van der Waals surface area contributed by atoms with E-state index in [4.69, 9.17) is 15.6 Å². The van der Waals surface area contributed by atoms with E-state index < -0.39 is 21.5 Å². The van der Waals surface area contributed by atoms with Gasteiger partial charge in [0.25, 0.3) is 0 Å². The van der Waals surface area contributed by atoms with Crippen LogP contribution in [0.15, 0.2) is 17.0 Å². The Morgan fingerprint density at radius 2 is 2.05 bits per heavy atom. The van der Waals surface area contributed by atoms with Crippen molar-refractivity contribution in [1.82, 2.24) is 0 Å². The number of amides is 1. The van der Waals surface area contributed by atoms with Crippen LogP contribution in [0.25, 0.3) is 0 Å². The molecule has 1 aromatic carbocycles. The van der Waals surface area contributed by atoms with Crippen LogP contribution in [-0.4, -0.2) is 33.1 Å². The van der Waals surface area contributed by atoms with Crippen molar-refractivity contribution in [3.05, 3.63) is 23.3 Å². The maximum Gasteiger partial charge on any atom is 0.246 e. The summed E-state index contributed by atoms with van der Waals surface area (Å²) in [6, 6.07) is 2.81. The van der Waals surface area contributed by atoms with Crippen molar-refractivity contribution < 1.29 is 17.9 Å². The zero-order valence-electron chi connectivity index (χ0n) is 12.0. The summed E-state index contributed by atoms with van der Waals surface area (Å²) in [5.41, 5.74) is 6.76. The van der Waals surface area contributed by atoms with Gasteiger partial charge in [-0.15, -0.1) is 0 Å². The molecule has 0 aliphatic carbocycles. The Kier molecular flexibility index (Phi) is 4.07. The van der Waals surface area contributed by atoms with E-state index in [0.717, 1.165) is 5.56 Å². The fraction of sp³-hybridized carbons (Fsp3) is 0.462. The minimum atomic E-state index is -3.84. The number of carbonyl (C=O) groups excluding carboxylic acids is 1. The third-order valence-electron chi connectivity index (χ3n) is 3.72. The number of primary sulfonamides is 1. The number of ether oxygens (including phenoxy) is 1. The molecular formula is C13H19N3O4S. The van der Waals surface area contributed by atoms with E-state index in [1.165, 1.54) is 12.1 Å². The fourth-order valence-corrected chi connectivity index (χ4v) is 2.75. The highest BCUT2D eigenvalue weighted by atomic mass is 32.2. The second kappa shape index (κ2) is 5.38. The second-order valence-electron chi connectivity index (χ2n) is 5.37. The van der Waals surface area contributed by atoms with E-state index in [-0.39, 0.29) is 11.5 Å². The number of benzene rings is 1. The van der Waals surface area contributed by atoms with Crippen LogP contribution in [-0.2, 0) is 19.6 Å². The van der Waals surface area contributed by atoms with Crippen molar-refractivity contribution in [3.8, 4) is 0 Å². The van der Waals surface area contributed by atoms with Gasteiger partial charge in [-0.25, -0.2) is 13.6 Å². The minimum Gasteiger partial charge on any atom is -0.379 e. The summed E-state index contributed by atoms with van der Waals surface area (Å²) < 4.78 is 28.1. The van der Waals surface area contributed by atoms with Gasteiger partial charge in [0, 0.05) is 12.3 Å². The third kappa shape index (κ3) is 3.24. The first-order valence-electron chi connectivity index (χ1n) is 6.46. The molecule has 5 N–H and O–H groups in total. The Bertz CT molecular complexity index is 679. The molecule has 1 saturated heterocycles. The van der Waals surface area contributed by atoms with Gasteiger partial charge in [-0.2, -0.15) is 0 Å². The number of nitrogens with one attached hydrogen (secondary N) is 1. The number of carbonyl (C=O) groups is 1. The van der Waals surface area contributed by atoms with Gasteiger partial charge in [-0.1, -0.05) is 0 Å². The summed E-state index contributed by atoms with van der Waals surface area (Å²) in [6.45, 7) is 4.10. The summed E-state index contributed by atoms with van der Waals surface area (Å²) in [6.07, 6.45) is 0.422. The number of sulfonamides is 1. The standard InChI is InChI=1S/C13H19N3O4S/c1-8-5-10(21(15,18)19)6-11(9(8)2)16-12(17)13(14)3-4-20-7-13/h5-6H,3-4,7,14H2,1-2H3,(H,16,17)(H2,15,18,19). The maximum absolute atomic E-state index is 12.3. The lowest BCUT2D eigenvalue weighted by molar-refractivity contribution is -0.121. The largest absolute Gasteiger partial charge is 0.379 e. The maximum atomic E-state index is 12.3. The lowest BCUT2D eigenvalue weighted by Gasteiger charge is -2.22. The average molecular weight is 313 g/mol. The molecule has 0 aromatic heterocycles. The first-order chi connectivity index (χ1) is 9.63. The van der Waals surface area contributed by atoms with Crippen molar-refractivity contribution >= 4 is 21.6 Å². The van der Waals surface area contributed by atoms with Crippen LogP contribution in [0.5, 0.6) is 0 Å². The van der Waals surface area contributed by atoms with E-state index >= 15 is 0 Å². The molecule has 1 amide bonds. The van der Waals surface area contributed by atoms with E-state index in [2.05, 4.69) is 5.32 Å². The first-order valence-corrected chi connectivity index (χ1v) is 8.00. The van der Waals surface area contributed by atoms with Crippen LogP contribution < -0.4 is 16.2 Å². The molecule has 1 fully saturated rings. The molecule has 1 aromatic rings. The van der Waals surface area contributed by atoms with Gasteiger partial charge in [0.05, 0.1) is 11.5 Å². The number of nitrogens with two attached hydrogens (primary N) is 2. The topological polar surface area (TPSA) is 125 Å². The van der Waals surface area contributed by atoms with Gasteiger partial charge >= 0.3 is 0 Å². The highest BCUT2D eigenvalue weighted by Gasteiger charge is 2.38. The molecule has 0 saturated carbocycles. The monoisotopic (exact) mass is 313 g/mol. The molecule has 1 aliphatic rings. The molecule has 2 rings (SSSR count). The van der Waals surface area contributed by atoms with Crippen molar-refractivity contribution in [2.75, 3.05) is 18.5 Å². The van der Waals surface area contributed by atoms with E-state index in [1.807, 2.05) is 0 Å². The SMILES string of the molecule is Cc1cc(S(N)(=O)=O)cc(NC(=O)C2(N)CCOC2)c1C. The van der Waals surface area contributed by atoms with Gasteiger partial charge < -0.3 is 15.8 Å². The Morgan fingerprint density at radius 1 is 1.38 bits per heavy atom. The summed E-state index contributed by atoms with van der Waals surface area (Å²) in [7, 11) is -3.84. The van der Waals surface area contributed by atoms with Crippen molar-refractivity contribution in [2.45, 2.75) is 30.7 Å². The first kappa shape index (κ1) is 15.9. The Morgan fingerprint density at radius 3 is 2.57 bits per heavy atom. The normalized spacial score (nSPS) is 22.3. The molecule has 0 bridgehead atoms. The lowest BCUT2D eigenvalue weighted by atomic mass is 9.98. The number of aryl methyl sites for hydroxylation is 1. The molecular weight excluding hydrogens is 294 g/mol. The second-order valence-corrected chi connectivity index (χ2v) is 6.93. The van der Waals surface area contributed by atoms with Gasteiger partial charge in [-0.05, 0) is 43.5 Å². The fourth-order valence-electron chi connectivity index (χ4n) is 2.13. The smallest absolute Gasteiger partial charge is 0.246 e. The zero-order chi connectivity index (χ0) is 15.8. The average Bonchev–Trinajstić information content (AvgIpc) is 2.81. The summed E-state index contributed by atoms with van der Waals surface area (Å²) in [4.78, 5) is 12.2. The van der Waals surface area contributed by atoms with Gasteiger partial charge in [0.2, 0.25) is 15.9 Å². The van der Waals surface area contributed by atoms with Crippen LogP contribution in [0.3, 0.4) is 0 Å². The number of anilines is 1. The lowest BCUT2D eigenvalue weighted by Crippen LogP contribution is -2.51. The molecule has 116 valence electrons. The van der Waals surface area contributed by atoms with E-state index in [1.54, 1.807) is 13.8 Å². The molecule has 7 nitrogen and oxygen atoms in total. The van der Waals surface area contributed by atoms with E-state index in [9.17, 15) is 13.2 Å². The molecule has 1 heterocycles. The summed E-state index contributed by atoms with van der Waals surface area (Å²) in [5, 5.41) is 7.82. The molecule has 0 radical (unpaired) electrons. The van der Waals surface area contributed by atoms with Gasteiger partial charge in [-0.3, -0.25) is 4.79 Å².